The highest BCUT2D eigenvalue weighted by Crippen LogP contribution is 2.36. The van der Waals surface area contributed by atoms with E-state index in [1.54, 1.807) is 6.92 Å². The van der Waals surface area contributed by atoms with Crippen LogP contribution in [-0.2, 0) is 20.4 Å². The van der Waals surface area contributed by atoms with E-state index in [1.165, 1.54) is 12.1 Å². The molecule has 0 fully saturated rings. The molecule has 0 radical (unpaired) electrons. The van der Waals surface area contributed by atoms with E-state index in [-0.39, 0.29) is 32.1 Å². The van der Waals surface area contributed by atoms with Crippen LogP contribution in [0.15, 0.2) is 22.7 Å². The lowest BCUT2D eigenvalue weighted by Gasteiger charge is -2.15. The van der Waals surface area contributed by atoms with E-state index >= 15 is 0 Å². The predicted octanol–water partition coefficient (Wildman–Crippen LogP) is 3.46. The number of anilines is 1. The molecule has 21 heavy (non-hydrogen) atoms. The van der Waals surface area contributed by atoms with Crippen LogP contribution in [0.4, 0.5) is 18.9 Å². The normalized spacial score (nSPS) is 11.3. The number of hydrogen-bond acceptors (Lipinski definition) is 4. The first-order valence-electron chi connectivity index (χ1n) is 6.18. The summed E-state index contributed by atoms with van der Waals surface area (Å²) in [7, 11) is 0. The molecule has 4 nitrogen and oxygen atoms in total. The summed E-state index contributed by atoms with van der Waals surface area (Å²) >= 11 is 3.01. The quantitative estimate of drug-likeness (QED) is 0.590. The van der Waals surface area contributed by atoms with Crippen LogP contribution in [0.3, 0.4) is 0 Å². The predicted molar refractivity (Wildman–Crippen MR) is 75.1 cm³/mol. The van der Waals surface area contributed by atoms with Gasteiger partial charge in [0.1, 0.15) is 6.61 Å². The molecule has 0 saturated heterocycles. The van der Waals surface area contributed by atoms with Crippen molar-refractivity contribution in [1.82, 2.24) is 0 Å². The van der Waals surface area contributed by atoms with Gasteiger partial charge in [0.2, 0.25) is 0 Å². The molecule has 0 bridgehead atoms. The summed E-state index contributed by atoms with van der Waals surface area (Å²) < 4.78 is 48.5. The van der Waals surface area contributed by atoms with Gasteiger partial charge in [0.15, 0.2) is 0 Å². The van der Waals surface area contributed by atoms with E-state index in [0.29, 0.717) is 4.47 Å². The maximum Gasteiger partial charge on any atom is 0.418 e. The minimum atomic E-state index is -4.45. The average Bonchev–Trinajstić information content (AvgIpc) is 2.39. The fourth-order valence-corrected chi connectivity index (χ4v) is 1.88. The lowest BCUT2D eigenvalue weighted by Crippen LogP contribution is -2.18. The summed E-state index contributed by atoms with van der Waals surface area (Å²) in [5.74, 6) is -0.503. The van der Waals surface area contributed by atoms with Crippen LogP contribution in [0, 0.1) is 0 Å². The van der Waals surface area contributed by atoms with Crippen LogP contribution in [0.25, 0.3) is 0 Å². The summed E-state index contributed by atoms with van der Waals surface area (Å²) in [6, 6.07) is 3.84. The number of carbonyl (C=O) groups excluding carboxylic acids is 1. The van der Waals surface area contributed by atoms with Crippen LogP contribution >= 0.6 is 15.9 Å². The largest absolute Gasteiger partial charge is 0.464 e. The molecule has 0 aromatic heterocycles. The van der Waals surface area contributed by atoms with Crippen molar-refractivity contribution in [3.63, 3.8) is 0 Å². The molecule has 1 aromatic rings. The van der Waals surface area contributed by atoms with Gasteiger partial charge in [-0.15, -0.1) is 0 Å². The van der Waals surface area contributed by atoms with Crippen molar-refractivity contribution in [2.75, 3.05) is 31.7 Å². The van der Waals surface area contributed by atoms with Gasteiger partial charge < -0.3 is 14.8 Å². The van der Waals surface area contributed by atoms with E-state index in [2.05, 4.69) is 26.0 Å². The zero-order chi connectivity index (χ0) is 15.9. The van der Waals surface area contributed by atoms with Crippen LogP contribution in [0.5, 0.6) is 0 Å². The lowest BCUT2D eigenvalue weighted by molar-refractivity contribution is -0.148. The van der Waals surface area contributed by atoms with Crippen LogP contribution in [0.2, 0.25) is 0 Å². The number of ether oxygens (including phenoxy) is 2. The van der Waals surface area contributed by atoms with Crippen LogP contribution in [-0.4, -0.2) is 32.3 Å². The molecule has 0 amide bonds. The molecule has 1 aromatic carbocycles. The number of benzene rings is 1. The maximum absolute atomic E-state index is 12.8. The Morgan fingerprint density at radius 1 is 1.38 bits per heavy atom. The summed E-state index contributed by atoms with van der Waals surface area (Å²) in [4.78, 5) is 11.0. The fraction of sp³-hybridized carbons (Fsp3) is 0.462. The molecule has 0 heterocycles. The fourth-order valence-electron chi connectivity index (χ4n) is 1.52. The van der Waals surface area contributed by atoms with E-state index < -0.39 is 17.7 Å². The van der Waals surface area contributed by atoms with E-state index in [1.807, 2.05) is 0 Å². The van der Waals surface area contributed by atoms with Crippen molar-refractivity contribution in [2.45, 2.75) is 13.1 Å². The molecule has 0 aliphatic rings. The lowest BCUT2D eigenvalue weighted by atomic mass is 10.1. The van der Waals surface area contributed by atoms with Crippen molar-refractivity contribution < 1.29 is 27.4 Å². The first kappa shape index (κ1) is 17.8. The summed E-state index contributed by atoms with van der Waals surface area (Å²) in [6.45, 7) is 1.94. The topological polar surface area (TPSA) is 47.6 Å². The number of rotatable bonds is 7. The van der Waals surface area contributed by atoms with E-state index in [9.17, 15) is 18.0 Å². The molecule has 0 spiro atoms. The Morgan fingerprint density at radius 3 is 2.71 bits per heavy atom. The molecule has 0 atom stereocenters. The second-order valence-electron chi connectivity index (χ2n) is 3.97. The molecule has 0 aliphatic carbocycles. The average molecular weight is 370 g/mol. The van der Waals surface area contributed by atoms with Gasteiger partial charge in [0.05, 0.1) is 18.8 Å². The third-order valence-electron chi connectivity index (χ3n) is 2.37. The molecule has 0 aliphatic heterocycles. The Kier molecular flexibility index (Phi) is 6.97. The molecular weight excluding hydrogens is 355 g/mol. The van der Waals surface area contributed by atoms with Gasteiger partial charge >= 0.3 is 12.1 Å². The Hall–Kier alpha value is -1.28. The highest BCUT2D eigenvalue weighted by molar-refractivity contribution is 9.10. The number of halogens is 4. The van der Waals surface area contributed by atoms with Crippen LogP contribution in [0.1, 0.15) is 12.5 Å². The standard InChI is InChI=1S/C13H15BrF3NO3/c1-2-21-12(19)8-20-6-5-18-11-4-3-9(14)7-10(11)13(15,16)17/h3-4,7,18H,2,5-6,8H2,1H3. The van der Waals surface area contributed by atoms with E-state index in [4.69, 9.17) is 4.74 Å². The molecule has 8 heteroatoms. The highest BCUT2D eigenvalue weighted by Gasteiger charge is 2.33. The Balaban J connectivity index is 2.47. The minimum Gasteiger partial charge on any atom is -0.464 e. The smallest absolute Gasteiger partial charge is 0.418 e. The van der Waals surface area contributed by atoms with Crippen molar-refractivity contribution in [1.29, 1.82) is 0 Å². The van der Waals surface area contributed by atoms with Gasteiger partial charge in [-0.2, -0.15) is 13.2 Å². The van der Waals surface area contributed by atoms with Crippen molar-refractivity contribution in [2.24, 2.45) is 0 Å². The highest BCUT2D eigenvalue weighted by atomic mass is 79.9. The molecule has 0 unspecified atom stereocenters. The van der Waals surface area contributed by atoms with Gasteiger partial charge in [0, 0.05) is 16.7 Å². The van der Waals surface area contributed by atoms with Crippen molar-refractivity contribution in [3.05, 3.63) is 28.2 Å². The third-order valence-corrected chi connectivity index (χ3v) is 2.87. The third kappa shape index (κ3) is 6.34. The first-order valence-corrected chi connectivity index (χ1v) is 6.98. The molecule has 1 N–H and O–H groups in total. The van der Waals surface area contributed by atoms with Crippen molar-refractivity contribution in [3.8, 4) is 0 Å². The maximum atomic E-state index is 12.8. The Morgan fingerprint density at radius 2 is 2.10 bits per heavy atom. The number of nitrogens with one attached hydrogen (secondary N) is 1. The molecule has 0 saturated carbocycles. The first-order chi connectivity index (χ1) is 9.84. The van der Waals surface area contributed by atoms with Gasteiger partial charge in [0.25, 0.3) is 0 Å². The second kappa shape index (κ2) is 8.23. The zero-order valence-corrected chi connectivity index (χ0v) is 12.9. The van der Waals surface area contributed by atoms with Gasteiger partial charge in [-0.05, 0) is 25.1 Å². The van der Waals surface area contributed by atoms with Gasteiger partial charge in [-0.1, -0.05) is 15.9 Å². The Bertz CT molecular complexity index is 480. The molecular formula is C13H15BrF3NO3. The summed E-state index contributed by atoms with van der Waals surface area (Å²) in [5.41, 5.74) is -0.798. The SMILES string of the molecule is CCOC(=O)COCCNc1ccc(Br)cc1C(F)(F)F. The number of esters is 1. The minimum absolute atomic E-state index is 0.0366. The number of hydrogen-bond donors (Lipinski definition) is 1. The monoisotopic (exact) mass is 369 g/mol. The van der Waals surface area contributed by atoms with Crippen molar-refractivity contribution >= 4 is 27.6 Å². The Labute approximate surface area is 128 Å². The molecule has 118 valence electrons. The van der Waals surface area contributed by atoms with E-state index in [0.717, 1.165) is 6.07 Å². The molecule has 1 rings (SSSR count). The zero-order valence-electron chi connectivity index (χ0n) is 11.3. The summed E-state index contributed by atoms with van der Waals surface area (Å²) in [6.07, 6.45) is -4.45. The second-order valence-corrected chi connectivity index (χ2v) is 4.89. The number of carbonyl (C=O) groups is 1. The van der Waals surface area contributed by atoms with Gasteiger partial charge in [-0.25, -0.2) is 4.79 Å². The van der Waals surface area contributed by atoms with Crippen LogP contribution < -0.4 is 5.32 Å². The summed E-state index contributed by atoms with van der Waals surface area (Å²) in [5, 5.41) is 2.63. The van der Waals surface area contributed by atoms with Gasteiger partial charge in [-0.3, -0.25) is 0 Å². The number of alkyl halides is 3.